The van der Waals surface area contributed by atoms with E-state index in [0.29, 0.717) is 12.5 Å². The van der Waals surface area contributed by atoms with Gasteiger partial charge in [-0.05, 0) is 24.1 Å². The molecule has 1 aromatic carbocycles. The fourth-order valence-electron chi connectivity index (χ4n) is 1.92. The van der Waals surface area contributed by atoms with E-state index >= 15 is 0 Å². The van der Waals surface area contributed by atoms with Crippen molar-refractivity contribution in [1.29, 1.82) is 0 Å². The lowest BCUT2D eigenvalue weighted by Crippen LogP contribution is -2.13. The van der Waals surface area contributed by atoms with Crippen LogP contribution in [0.4, 0.5) is 5.69 Å². The lowest BCUT2D eigenvalue weighted by Gasteiger charge is -2.12. The minimum atomic E-state index is 0.538. The van der Waals surface area contributed by atoms with E-state index in [4.69, 9.17) is 4.74 Å². The molecule has 0 aliphatic carbocycles. The zero-order valence-corrected chi connectivity index (χ0v) is 13.5. The first-order valence-electron chi connectivity index (χ1n) is 6.54. The number of anilines is 1. The summed E-state index contributed by atoms with van der Waals surface area (Å²) in [6.07, 6.45) is 1.59. The second-order valence-corrected chi connectivity index (χ2v) is 5.87. The van der Waals surface area contributed by atoms with Crippen molar-refractivity contribution >= 4 is 21.6 Å². The number of hydrogen-bond donors (Lipinski definition) is 1. The number of nitrogens with zero attached hydrogens (tertiary/aromatic N) is 3. The quantitative estimate of drug-likeness (QED) is 0.877. The van der Waals surface area contributed by atoms with Gasteiger partial charge in [0.15, 0.2) is 0 Å². The van der Waals surface area contributed by atoms with Gasteiger partial charge in [-0.15, -0.1) is 0 Å². The molecule has 0 saturated carbocycles. The van der Waals surface area contributed by atoms with Crippen LogP contribution < -0.4 is 10.1 Å². The van der Waals surface area contributed by atoms with E-state index in [0.717, 1.165) is 28.3 Å². The molecule has 1 N–H and O–H groups in total. The molecule has 0 spiro atoms. The maximum atomic E-state index is 5.34. The van der Waals surface area contributed by atoms with Crippen molar-refractivity contribution in [3.8, 4) is 5.75 Å². The molecule has 108 valence electrons. The second kappa shape index (κ2) is 6.74. The van der Waals surface area contributed by atoms with Gasteiger partial charge in [-0.2, -0.15) is 5.10 Å². The van der Waals surface area contributed by atoms with Gasteiger partial charge in [0.2, 0.25) is 0 Å². The van der Waals surface area contributed by atoms with E-state index in [2.05, 4.69) is 45.2 Å². The van der Waals surface area contributed by atoms with Gasteiger partial charge in [0.05, 0.1) is 19.3 Å². The zero-order chi connectivity index (χ0) is 14.5. The van der Waals surface area contributed by atoms with Crippen LogP contribution >= 0.6 is 15.9 Å². The molecule has 20 heavy (non-hydrogen) atoms. The highest BCUT2D eigenvalue weighted by Gasteiger charge is 2.08. The SMILES string of the molecule is COc1ccc(Br)cc1NCc1ncnn1CC(C)C. The van der Waals surface area contributed by atoms with Crippen LogP contribution in [0.3, 0.4) is 0 Å². The molecule has 0 fully saturated rings. The minimum absolute atomic E-state index is 0.538. The normalized spacial score (nSPS) is 10.8. The van der Waals surface area contributed by atoms with Crippen molar-refractivity contribution in [2.75, 3.05) is 12.4 Å². The number of benzene rings is 1. The first-order valence-corrected chi connectivity index (χ1v) is 7.33. The molecule has 0 radical (unpaired) electrons. The van der Waals surface area contributed by atoms with Crippen molar-refractivity contribution < 1.29 is 4.74 Å². The highest BCUT2D eigenvalue weighted by molar-refractivity contribution is 9.10. The molecule has 1 heterocycles. The van der Waals surface area contributed by atoms with E-state index in [9.17, 15) is 0 Å². The van der Waals surface area contributed by atoms with Crippen molar-refractivity contribution in [2.45, 2.75) is 26.9 Å². The number of nitrogens with one attached hydrogen (secondary N) is 1. The molecular formula is C14H19BrN4O. The second-order valence-electron chi connectivity index (χ2n) is 4.95. The van der Waals surface area contributed by atoms with Crippen molar-refractivity contribution in [2.24, 2.45) is 5.92 Å². The monoisotopic (exact) mass is 338 g/mol. The standard InChI is InChI=1S/C14H19BrN4O/c1-10(2)8-19-14(17-9-18-19)7-16-12-6-11(15)4-5-13(12)20-3/h4-6,9-10,16H,7-8H2,1-3H3. The number of halogens is 1. The lowest BCUT2D eigenvalue weighted by molar-refractivity contribution is 0.416. The van der Waals surface area contributed by atoms with E-state index < -0.39 is 0 Å². The summed E-state index contributed by atoms with van der Waals surface area (Å²) in [6, 6.07) is 5.86. The maximum absolute atomic E-state index is 5.34. The van der Waals surface area contributed by atoms with Crippen LogP contribution in [0.1, 0.15) is 19.7 Å². The Morgan fingerprint density at radius 1 is 1.40 bits per heavy atom. The van der Waals surface area contributed by atoms with Crippen LogP contribution in [-0.4, -0.2) is 21.9 Å². The molecule has 0 saturated heterocycles. The highest BCUT2D eigenvalue weighted by Crippen LogP contribution is 2.28. The number of aromatic nitrogens is 3. The zero-order valence-electron chi connectivity index (χ0n) is 11.9. The van der Waals surface area contributed by atoms with Crippen LogP contribution in [0, 0.1) is 5.92 Å². The number of methoxy groups -OCH3 is 1. The predicted molar refractivity (Wildman–Crippen MR) is 82.9 cm³/mol. The molecule has 1 aromatic heterocycles. The molecule has 0 aliphatic heterocycles. The molecule has 2 aromatic rings. The van der Waals surface area contributed by atoms with E-state index in [1.807, 2.05) is 22.9 Å². The van der Waals surface area contributed by atoms with Crippen molar-refractivity contribution in [3.05, 3.63) is 34.8 Å². The average Bonchev–Trinajstić information content (AvgIpc) is 2.83. The third kappa shape index (κ3) is 3.72. The largest absolute Gasteiger partial charge is 0.495 e. The molecule has 0 atom stereocenters. The Morgan fingerprint density at radius 3 is 2.90 bits per heavy atom. The molecule has 2 rings (SSSR count). The van der Waals surface area contributed by atoms with Crippen molar-refractivity contribution in [1.82, 2.24) is 14.8 Å². The Morgan fingerprint density at radius 2 is 2.20 bits per heavy atom. The topological polar surface area (TPSA) is 52.0 Å². The third-order valence-electron chi connectivity index (χ3n) is 2.83. The predicted octanol–water partition coefficient (Wildman–Crippen LogP) is 3.32. The fourth-order valence-corrected chi connectivity index (χ4v) is 2.28. The fraction of sp³-hybridized carbons (Fsp3) is 0.429. The molecule has 0 amide bonds. The van der Waals surface area contributed by atoms with E-state index in [1.54, 1.807) is 13.4 Å². The van der Waals surface area contributed by atoms with Gasteiger partial charge in [-0.1, -0.05) is 29.8 Å². The average molecular weight is 339 g/mol. The molecule has 0 unspecified atom stereocenters. The van der Waals surface area contributed by atoms with Crippen molar-refractivity contribution in [3.63, 3.8) is 0 Å². The Labute approximate surface area is 127 Å². The summed E-state index contributed by atoms with van der Waals surface area (Å²) in [5, 5.41) is 7.60. The summed E-state index contributed by atoms with van der Waals surface area (Å²) in [4.78, 5) is 4.30. The van der Waals surface area contributed by atoms with Gasteiger partial charge >= 0.3 is 0 Å². The molecule has 0 aliphatic rings. The number of rotatable bonds is 6. The molecule has 5 nitrogen and oxygen atoms in total. The maximum Gasteiger partial charge on any atom is 0.146 e. The first kappa shape index (κ1) is 14.8. The molecule has 6 heteroatoms. The lowest BCUT2D eigenvalue weighted by atomic mass is 10.2. The summed E-state index contributed by atoms with van der Waals surface area (Å²) in [6.45, 7) is 5.80. The molecule has 0 bridgehead atoms. The summed E-state index contributed by atoms with van der Waals surface area (Å²) in [5.74, 6) is 2.26. The third-order valence-corrected chi connectivity index (χ3v) is 3.33. The summed E-state index contributed by atoms with van der Waals surface area (Å²) < 4.78 is 8.28. The van der Waals surface area contributed by atoms with Crippen LogP contribution in [-0.2, 0) is 13.1 Å². The number of hydrogen-bond acceptors (Lipinski definition) is 4. The van der Waals surface area contributed by atoms with Gasteiger partial charge < -0.3 is 10.1 Å². The van der Waals surface area contributed by atoms with E-state index in [1.165, 1.54) is 0 Å². The Hall–Kier alpha value is -1.56. The van der Waals surface area contributed by atoms with Gasteiger partial charge in [-0.25, -0.2) is 9.67 Å². The minimum Gasteiger partial charge on any atom is -0.495 e. The Kier molecular flexibility index (Phi) is 5.00. The van der Waals surface area contributed by atoms with E-state index in [-0.39, 0.29) is 0 Å². The van der Waals surface area contributed by atoms with Gasteiger partial charge in [0, 0.05) is 11.0 Å². The number of ether oxygens (including phenoxy) is 1. The van der Waals surface area contributed by atoms with Gasteiger partial charge in [0.25, 0.3) is 0 Å². The summed E-state index contributed by atoms with van der Waals surface area (Å²) >= 11 is 3.46. The van der Waals surface area contributed by atoms with Crippen LogP contribution in [0.5, 0.6) is 5.75 Å². The van der Waals surface area contributed by atoms with Gasteiger partial charge in [0.1, 0.15) is 17.9 Å². The summed E-state index contributed by atoms with van der Waals surface area (Å²) in [7, 11) is 1.66. The van der Waals surface area contributed by atoms with Gasteiger partial charge in [-0.3, -0.25) is 0 Å². The van der Waals surface area contributed by atoms with Crippen LogP contribution in [0.25, 0.3) is 0 Å². The first-order chi connectivity index (χ1) is 9.60. The van der Waals surface area contributed by atoms with Crippen LogP contribution in [0.15, 0.2) is 29.0 Å². The smallest absolute Gasteiger partial charge is 0.146 e. The summed E-state index contributed by atoms with van der Waals surface area (Å²) in [5.41, 5.74) is 0.931. The highest BCUT2D eigenvalue weighted by atomic mass is 79.9. The Balaban J connectivity index is 2.09. The molecular weight excluding hydrogens is 320 g/mol. The Bertz CT molecular complexity index is 568. The van der Waals surface area contributed by atoms with Crippen LogP contribution in [0.2, 0.25) is 0 Å².